The molecule has 1 aromatic heterocycles. The zero-order chi connectivity index (χ0) is 23.3. The highest BCUT2D eigenvalue weighted by Crippen LogP contribution is 2.34. The largest absolute Gasteiger partial charge is 0.465 e. The van der Waals surface area contributed by atoms with Crippen molar-refractivity contribution < 1.29 is 14.3 Å². The number of carbonyl (C=O) groups excluding carboxylic acids is 2. The Balaban J connectivity index is 1.89. The Kier molecular flexibility index (Phi) is 7.45. The van der Waals surface area contributed by atoms with Crippen LogP contribution in [0, 0.1) is 0 Å². The second-order valence-corrected chi connectivity index (χ2v) is 8.04. The number of esters is 1. The van der Waals surface area contributed by atoms with Crippen LogP contribution in [0.2, 0.25) is 0 Å². The number of nitrogens with one attached hydrogen (secondary N) is 1. The summed E-state index contributed by atoms with van der Waals surface area (Å²) in [5.41, 5.74) is 1.93. The highest BCUT2D eigenvalue weighted by molar-refractivity contribution is 6.12. The van der Waals surface area contributed by atoms with E-state index in [0.29, 0.717) is 22.9 Å². The molecule has 32 heavy (non-hydrogen) atoms. The highest BCUT2D eigenvalue weighted by atomic mass is 16.5. The predicted molar refractivity (Wildman–Crippen MR) is 125 cm³/mol. The summed E-state index contributed by atoms with van der Waals surface area (Å²) in [5, 5.41) is 3.08. The Labute approximate surface area is 189 Å². The molecule has 0 unspecified atom stereocenters. The smallest absolute Gasteiger partial charge is 0.339 e. The molecule has 8 heteroatoms. The van der Waals surface area contributed by atoms with Crippen molar-refractivity contribution in [1.82, 2.24) is 14.8 Å². The normalized spacial score (nSPS) is 18.8. The van der Waals surface area contributed by atoms with Gasteiger partial charge in [0.25, 0.3) is 5.91 Å². The molecule has 3 rings (SSSR count). The van der Waals surface area contributed by atoms with E-state index in [1.165, 1.54) is 13.3 Å². The predicted octanol–water partition coefficient (Wildman–Crippen LogP) is 3.72. The molecule has 0 aromatic carbocycles. The van der Waals surface area contributed by atoms with Gasteiger partial charge in [-0.3, -0.25) is 4.79 Å². The Morgan fingerprint density at radius 2 is 2.06 bits per heavy atom. The van der Waals surface area contributed by atoms with Gasteiger partial charge in [-0.05, 0) is 37.5 Å². The van der Waals surface area contributed by atoms with Gasteiger partial charge in [0.05, 0.1) is 12.7 Å². The molecule has 1 aliphatic heterocycles. The molecule has 1 fully saturated rings. The molecule has 1 saturated carbocycles. The zero-order valence-electron chi connectivity index (χ0n) is 19.2. The molecule has 2 aliphatic rings. The van der Waals surface area contributed by atoms with Gasteiger partial charge >= 0.3 is 5.97 Å². The van der Waals surface area contributed by atoms with Crippen LogP contribution in [-0.4, -0.2) is 59.7 Å². The molecule has 0 saturated heterocycles. The number of allylic oxidation sites excluding steroid dienone is 1. The van der Waals surface area contributed by atoms with Crippen molar-refractivity contribution in [2.45, 2.75) is 45.1 Å². The summed E-state index contributed by atoms with van der Waals surface area (Å²) in [6.07, 6.45) is 10.6. The average Bonchev–Trinajstić information content (AvgIpc) is 3.41. The van der Waals surface area contributed by atoms with Crippen molar-refractivity contribution in [3.05, 3.63) is 59.7 Å². The van der Waals surface area contributed by atoms with Gasteiger partial charge in [0.2, 0.25) is 0 Å². The number of carbonyl (C=O) groups is 2. The minimum Gasteiger partial charge on any atom is -0.465 e. The lowest BCUT2D eigenvalue weighted by molar-refractivity contribution is -0.126. The summed E-state index contributed by atoms with van der Waals surface area (Å²) in [6, 6.07) is 3.53. The number of methoxy groups -OCH3 is 1. The fourth-order valence-electron chi connectivity index (χ4n) is 3.96. The van der Waals surface area contributed by atoms with Gasteiger partial charge in [0, 0.05) is 31.9 Å². The summed E-state index contributed by atoms with van der Waals surface area (Å²) >= 11 is 0. The summed E-state index contributed by atoms with van der Waals surface area (Å²) in [5.74, 6) is 1.15. The van der Waals surface area contributed by atoms with Crippen LogP contribution in [0.5, 0.6) is 0 Å². The third-order valence-corrected chi connectivity index (χ3v) is 5.48. The lowest BCUT2D eigenvalue weighted by atomic mass is 10.2. The van der Waals surface area contributed by atoms with Crippen molar-refractivity contribution in [3.63, 3.8) is 0 Å². The van der Waals surface area contributed by atoms with Crippen molar-refractivity contribution >= 4 is 23.5 Å². The molecular weight excluding hydrogens is 406 g/mol. The van der Waals surface area contributed by atoms with Crippen LogP contribution in [0.4, 0.5) is 5.82 Å². The van der Waals surface area contributed by atoms with Crippen molar-refractivity contribution in [1.29, 1.82) is 0 Å². The number of amides is 1. The van der Waals surface area contributed by atoms with E-state index in [4.69, 9.17) is 9.73 Å². The topological polar surface area (TPSA) is 87.1 Å². The Morgan fingerprint density at radius 3 is 2.62 bits per heavy atom. The lowest BCUT2D eigenvalue weighted by Gasteiger charge is -2.30. The second-order valence-electron chi connectivity index (χ2n) is 8.04. The maximum Gasteiger partial charge on any atom is 0.339 e. The molecule has 8 nitrogen and oxygen atoms in total. The molecule has 0 radical (unpaired) electrons. The molecule has 1 aromatic rings. The zero-order valence-corrected chi connectivity index (χ0v) is 19.2. The van der Waals surface area contributed by atoms with E-state index in [2.05, 4.69) is 34.8 Å². The molecule has 0 atom stereocenters. The summed E-state index contributed by atoms with van der Waals surface area (Å²) in [4.78, 5) is 37.2. The molecule has 2 heterocycles. The fourth-order valence-corrected chi connectivity index (χ4v) is 3.96. The van der Waals surface area contributed by atoms with E-state index in [-0.39, 0.29) is 11.9 Å². The van der Waals surface area contributed by atoms with Gasteiger partial charge < -0.3 is 19.9 Å². The number of amidine groups is 1. The number of nitrogens with zero attached hydrogens (tertiary/aromatic N) is 4. The Hall–Kier alpha value is -3.42. The number of ether oxygens (including phenoxy) is 1. The van der Waals surface area contributed by atoms with E-state index in [9.17, 15) is 9.59 Å². The van der Waals surface area contributed by atoms with E-state index < -0.39 is 5.97 Å². The quantitative estimate of drug-likeness (QED) is 0.655. The maximum absolute atomic E-state index is 12.9. The van der Waals surface area contributed by atoms with E-state index >= 15 is 0 Å². The minimum absolute atomic E-state index is 0.0391. The number of rotatable bonds is 7. The molecule has 0 bridgehead atoms. The van der Waals surface area contributed by atoms with Crippen LogP contribution in [-0.2, 0) is 9.53 Å². The third kappa shape index (κ3) is 5.07. The lowest BCUT2D eigenvalue weighted by Crippen LogP contribution is -2.40. The number of pyridine rings is 1. The van der Waals surface area contributed by atoms with Crippen molar-refractivity contribution in [3.8, 4) is 0 Å². The average molecular weight is 438 g/mol. The number of aliphatic imine (C=N–C) groups is 1. The molecule has 1 N–H and O–H groups in total. The standard InChI is InChI=1S/C24H31N5O3/c1-6-9-17-14-20(23(30)28(3)4)29(19-10-7-8-11-19)22(17)27-16(2)26-21-13-12-18(15-25-21)24(31)32-5/h9,12-15,19H,2,6-8,10-11H2,1,3-5H3,(H,25,26)/b17-9-,27-22+. The van der Waals surface area contributed by atoms with Gasteiger partial charge in [-0.15, -0.1) is 0 Å². The molecule has 1 aliphatic carbocycles. The monoisotopic (exact) mass is 437 g/mol. The Morgan fingerprint density at radius 1 is 1.34 bits per heavy atom. The second kappa shape index (κ2) is 10.3. The van der Waals surface area contributed by atoms with Gasteiger partial charge in [0.15, 0.2) is 0 Å². The van der Waals surface area contributed by atoms with Crippen molar-refractivity contribution in [2.24, 2.45) is 4.99 Å². The summed E-state index contributed by atoms with van der Waals surface area (Å²) in [7, 11) is 4.85. The third-order valence-electron chi connectivity index (χ3n) is 5.48. The van der Waals surface area contributed by atoms with Gasteiger partial charge in [-0.2, -0.15) is 0 Å². The van der Waals surface area contributed by atoms with Gasteiger partial charge in [0.1, 0.15) is 23.2 Å². The first-order chi connectivity index (χ1) is 15.3. The first kappa shape index (κ1) is 23.2. The highest BCUT2D eigenvalue weighted by Gasteiger charge is 2.37. The number of likely N-dealkylation sites (N-methyl/N-ethyl adjacent to an activating group) is 1. The van der Waals surface area contributed by atoms with Crippen LogP contribution in [0.25, 0.3) is 0 Å². The maximum atomic E-state index is 12.9. The minimum atomic E-state index is -0.445. The number of hydrogen-bond donors (Lipinski definition) is 1. The number of hydrogen-bond acceptors (Lipinski definition) is 6. The van der Waals surface area contributed by atoms with Gasteiger partial charge in [-0.25, -0.2) is 14.8 Å². The van der Waals surface area contributed by atoms with Crippen LogP contribution < -0.4 is 5.32 Å². The molecule has 0 spiro atoms. The van der Waals surface area contributed by atoms with E-state index in [1.807, 2.05) is 6.08 Å². The van der Waals surface area contributed by atoms with Crippen molar-refractivity contribution in [2.75, 3.05) is 26.5 Å². The number of aromatic nitrogens is 1. The van der Waals surface area contributed by atoms with Crippen LogP contribution in [0.15, 0.2) is 59.1 Å². The SMILES string of the molecule is C=C(/N=C1\C(=C/CC)C=C(C(=O)N(C)C)N1C1CCCC1)Nc1ccc(C(=O)OC)cn1. The van der Waals surface area contributed by atoms with E-state index in [0.717, 1.165) is 43.5 Å². The summed E-state index contributed by atoms with van der Waals surface area (Å²) in [6.45, 7) is 6.10. The van der Waals surface area contributed by atoms with Crippen LogP contribution >= 0.6 is 0 Å². The van der Waals surface area contributed by atoms with Crippen LogP contribution in [0.1, 0.15) is 49.4 Å². The first-order valence-corrected chi connectivity index (χ1v) is 10.9. The molecule has 1 amide bonds. The van der Waals surface area contributed by atoms with Crippen LogP contribution in [0.3, 0.4) is 0 Å². The Bertz CT molecular complexity index is 970. The number of anilines is 1. The summed E-state index contributed by atoms with van der Waals surface area (Å²) < 4.78 is 4.70. The molecule has 170 valence electrons. The molecular formula is C24H31N5O3. The first-order valence-electron chi connectivity index (χ1n) is 10.9. The fraction of sp³-hybridized carbons (Fsp3) is 0.417. The van der Waals surface area contributed by atoms with Gasteiger partial charge in [-0.1, -0.05) is 32.4 Å². The van der Waals surface area contributed by atoms with E-state index in [1.54, 1.807) is 31.1 Å².